The molecule has 1 aliphatic heterocycles. The Labute approximate surface area is 110 Å². The Morgan fingerprint density at radius 2 is 2.11 bits per heavy atom. The molecule has 0 amide bonds. The van der Waals surface area contributed by atoms with Crippen molar-refractivity contribution in [1.29, 1.82) is 0 Å². The summed E-state index contributed by atoms with van der Waals surface area (Å²) in [5.41, 5.74) is 3.23. The Bertz CT molecular complexity index is 614. The predicted octanol–water partition coefficient (Wildman–Crippen LogP) is 3.28. The molecule has 3 rings (SSSR count). The van der Waals surface area contributed by atoms with E-state index in [1.807, 2.05) is 30.5 Å². The van der Waals surface area contributed by atoms with Crippen molar-refractivity contribution in [2.24, 2.45) is 0 Å². The number of nitrogens with one attached hydrogen (secondary N) is 1. The molecule has 0 atom stereocenters. The first-order chi connectivity index (χ1) is 9.25. The Hall–Kier alpha value is -1.68. The van der Waals surface area contributed by atoms with E-state index in [-0.39, 0.29) is 6.54 Å². The minimum absolute atomic E-state index is 0.244. The van der Waals surface area contributed by atoms with Gasteiger partial charge in [-0.05, 0) is 24.6 Å². The maximum Gasteiger partial charge on any atom is 0.256 e. The van der Waals surface area contributed by atoms with Crippen molar-refractivity contribution < 1.29 is 8.78 Å². The second-order valence-electron chi connectivity index (χ2n) is 4.79. The molecule has 4 heteroatoms. The van der Waals surface area contributed by atoms with Gasteiger partial charge in [-0.25, -0.2) is 8.78 Å². The Morgan fingerprint density at radius 3 is 2.84 bits per heavy atom. The van der Waals surface area contributed by atoms with E-state index in [0.29, 0.717) is 0 Å². The smallest absolute Gasteiger partial charge is 0.256 e. The maximum absolute atomic E-state index is 12.7. The molecule has 0 spiro atoms. The molecular formula is C15H16F2N2. The number of para-hydroxylation sites is 1. The third kappa shape index (κ3) is 2.40. The zero-order chi connectivity index (χ0) is 13.2. The van der Waals surface area contributed by atoms with E-state index in [0.717, 1.165) is 36.0 Å². The van der Waals surface area contributed by atoms with Gasteiger partial charge in [-0.1, -0.05) is 24.3 Å². The van der Waals surface area contributed by atoms with Crippen LogP contribution in [-0.2, 0) is 6.54 Å². The van der Waals surface area contributed by atoms with E-state index < -0.39 is 6.43 Å². The summed E-state index contributed by atoms with van der Waals surface area (Å²) in [5, 5.41) is 4.33. The van der Waals surface area contributed by atoms with Crippen molar-refractivity contribution in [1.82, 2.24) is 9.88 Å². The van der Waals surface area contributed by atoms with Crippen molar-refractivity contribution in [2.45, 2.75) is 19.4 Å². The van der Waals surface area contributed by atoms with Gasteiger partial charge < -0.3 is 9.88 Å². The van der Waals surface area contributed by atoms with Crippen LogP contribution in [0.25, 0.3) is 16.5 Å². The van der Waals surface area contributed by atoms with Gasteiger partial charge in [-0.2, -0.15) is 0 Å². The Kier molecular flexibility index (Phi) is 3.34. The largest absolute Gasteiger partial charge is 0.341 e. The number of alkyl halides is 2. The highest BCUT2D eigenvalue weighted by Gasteiger charge is 2.15. The summed E-state index contributed by atoms with van der Waals surface area (Å²) in [6, 6.07) is 7.77. The van der Waals surface area contributed by atoms with Crippen LogP contribution in [0.1, 0.15) is 12.0 Å². The Balaban J connectivity index is 2.11. The molecule has 1 aromatic carbocycles. The summed E-state index contributed by atoms with van der Waals surface area (Å²) in [6.07, 6.45) is 2.64. The van der Waals surface area contributed by atoms with Gasteiger partial charge in [0.2, 0.25) is 0 Å². The lowest BCUT2D eigenvalue weighted by Gasteiger charge is -2.13. The molecule has 0 unspecified atom stereocenters. The average molecular weight is 262 g/mol. The van der Waals surface area contributed by atoms with Crippen LogP contribution in [0.3, 0.4) is 0 Å². The van der Waals surface area contributed by atoms with E-state index in [1.54, 1.807) is 4.57 Å². The number of benzene rings is 1. The maximum atomic E-state index is 12.7. The fourth-order valence-corrected chi connectivity index (χ4v) is 2.67. The van der Waals surface area contributed by atoms with Crippen LogP contribution in [0, 0.1) is 0 Å². The van der Waals surface area contributed by atoms with E-state index >= 15 is 0 Å². The van der Waals surface area contributed by atoms with Gasteiger partial charge in [0, 0.05) is 29.2 Å². The third-order valence-corrected chi connectivity index (χ3v) is 3.53. The van der Waals surface area contributed by atoms with Crippen molar-refractivity contribution in [2.75, 3.05) is 13.1 Å². The molecule has 1 N–H and O–H groups in total. The third-order valence-electron chi connectivity index (χ3n) is 3.53. The lowest BCUT2D eigenvalue weighted by molar-refractivity contribution is 0.128. The number of halogens is 2. The van der Waals surface area contributed by atoms with Crippen LogP contribution < -0.4 is 5.32 Å². The molecule has 1 aromatic heterocycles. The second kappa shape index (κ2) is 5.13. The number of nitrogens with zero attached hydrogens (tertiary/aromatic N) is 1. The lowest BCUT2D eigenvalue weighted by Crippen LogP contribution is -2.19. The fraction of sp³-hybridized carbons (Fsp3) is 0.333. The zero-order valence-corrected chi connectivity index (χ0v) is 10.6. The highest BCUT2D eigenvalue weighted by Crippen LogP contribution is 2.30. The Morgan fingerprint density at radius 1 is 1.26 bits per heavy atom. The molecule has 0 saturated heterocycles. The molecule has 2 heterocycles. The van der Waals surface area contributed by atoms with Gasteiger partial charge >= 0.3 is 0 Å². The topological polar surface area (TPSA) is 17.0 Å². The van der Waals surface area contributed by atoms with Crippen molar-refractivity contribution in [3.63, 3.8) is 0 Å². The minimum Gasteiger partial charge on any atom is -0.341 e. The highest BCUT2D eigenvalue weighted by atomic mass is 19.3. The molecule has 0 bridgehead atoms. The summed E-state index contributed by atoms with van der Waals surface area (Å²) in [5.74, 6) is 0. The normalized spacial score (nSPS) is 16.1. The number of aromatic nitrogens is 1. The van der Waals surface area contributed by atoms with E-state index in [1.165, 1.54) is 5.57 Å². The van der Waals surface area contributed by atoms with Gasteiger partial charge in [0.1, 0.15) is 0 Å². The van der Waals surface area contributed by atoms with Gasteiger partial charge in [0.25, 0.3) is 6.43 Å². The molecule has 0 aliphatic carbocycles. The summed E-state index contributed by atoms with van der Waals surface area (Å²) in [4.78, 5) is 0. The summed E-state index contributed by atoms with van der Waals surface area (Å²) in [6.45, 7) is 1.55. The summed E-state index contributed by atoms with van der Waals surface area (Å²) >= 11 is 0. The molecule has 0 radical (unpaired) electrons. The molecule has 0 fully saturated rings. The number of fused-ring (bicyclic) bond motifs is 1. The quantitative estimate of drug-likeness (QED) is 0.898. The predicted molar refractivity (Wildman–Crippen MR) is 73.4 cm³/mol. The highest BCUT2D eigenvalue weighted by molar-refractivity contribution is 5.93. The average Bonchev–Trinajstić information content (AvgIpc) is 2.78. The first-order valence-electron chi connectivity index (χ1n) is 6.52. The van der Waals surface area contributed by atoms with Crippen LogP contribution in [-0.4, -0.2) is 24.1 Å². The van der Waals surface area contributed by atoms with Crippen LogP contribution in [0.15, 0.2) is 36.5 Å². The van der Waals surface area contributed by atoms with Crippen LogP contribution in [0.5, 0.6) is 0 Å². The van der Waals surface area contributed by atoms with Gasteiger partial charge in [-0.3, -0.25) is 0 Å². The summed E-state index contributed by atoms with van der Waals surface area (Å²) in [7, 11) is 0. The molecule has 19 heavy (non-hydrogen) atoms. The van der Waals surface area contributed by atoms with Crippen LogP contribution in [0.2, 0.25) is 0 Å². The zero-order valence-electron chi connectivity index (χ0n) is 10.6. The first-order valence-corrected chi connectivity index (χ1v) is 6.52. The van der Waals surface area contributed by atoms with E-state index in [9.17, 15) is 8.78 Å². The SMILES string of the molecule is FC(F)Cn1cc(C2=CCNCC2)c2ccccc21. The van der Waals surface area contributed by atoms with E-state index in [4.69, 9.17) is 0 Å². The summed E-state index contributed by atoms with van der Waals surface area (Å²) < 4.78 is 27.0. The van der Waals surface area contributed by atoms with Gasteiger partial charge in [0.05, 0.1) is 6.54 Å². The van der Waals surface area contributed by atoms with Crippen LogP contribution >= 0.6 is 0 Å². The second-order valence-corrected chi connectivity index (χ2v) is 4.79. The standard InChI is InChI=1S/C15H16F2N2/c16-15(17)10-19-9-13(11-5-7-18-8-6-11)12-3-1-2-4-14(12)19/h1-5,9,15,18H,6-8,10H2. The van der Waals surface area contributed by atoms with Gasteiger partial charge in [-0.15, -0.1) is 0 Å². The monoisotopic (exact) mass is 262 g/mol. The van der Waals surface area contributed by atoms with Crippen LogP contribution in [0.4, 0.5) is 8.78 Å². The molecule has 0 saturated carbocycles. The first kappa shape index (κ1) is 12.4. The minimum atomic E-state index is -2.33. The number of rotatable bonds is 3. The molecule has 1 aliphatic rings. The molecule has 100 valence electrons. The van der Waals surface area contributed by atoms with Crippen molar-refractivity contribution in [3.8, 4) is 0 Å². The lowest BCUT2D eigenvalue weighted by atomic mass is 10.00. The van der Waals surface area contributed by atoms with E-state index in [2.05, 4.69) is 11.4 Å². The number of hydrogen-bond donors (Lipinski definition) is 1. The van der Waals surface area contributed by atoms with Crippen molar-refractivity contribution >= 4 is 16.5 Å². The fourth-order valence-electron chi connectivity index (χ4n) is 2.67. The molecule has 2 nitrogen and oxygen atoms in total. The number of hydrogen-bond acceptors (Lipinski definition) is 1. The molecular weight excluding hydrogens is 246 g/mol. The van der Waals surface area contributed by atoms with Gasteiger partial charge in [0.15, 0.2) is 0 Å². The molecule has 2 aromatic rings. The van der Waals surface area contributed by atoms with Crippen molar-refractivity contribution in [3.05, 3.63) is 42.1 Å².